The SMILES string of the molecule is C#CCOCCOCCNC1CCN(c2nc(-c3cnc(N)nc3C(F)F)nc(N3CCOCC3)n2)CC1. The van der Waals surface area contributed by atoms with Crippen molar-refractivity contribution in [3.05, 3.63) is 11.9 Å². The second-order valence-electron chi connectivity index (χ2n) is 8.77. The van der Waals surface area contributed by atoms with E-state index in [4.69, 9.17) is 31.4 Å². The molecule has 38 heavy (non-hydrogen) atoms. The maximum Gasteiger partial charge on any atom is 0.281 e. The van der Waals surface area contributed by atoms with Crippen LogP contribution < -0.4 is 20.9 Å². The summed E-state index contributed by atoms with van der Waals surface area (Å²) in [7, 11) is 0. The van der Waals surface area contributed by atoms with Crippen LogP contribution in [-0.2, 0) is 14.2 Å². The quantitative estimate of drug-likeness (QED) is 0.296. The summed E-state index contributed by atoms with van der Waals surface area (Å²) in [6.07, 6.45) is 5.25. The van der Waals surface area contributed by atoms with E-state index in [1.54, 1.807) is 0 Å². The highest BCUT2D eigenvalue weighted by molar-refractivity contribution is 5.61. The zero-order valence-electron chi connectivity index (χ0n) is 21.2. The van der Waals surface area contributed by atoms with Gasteiger partial charge in [0.15, 0.2) is 5.82 Å². The Morgan fingerprint density at radius 2 is 1.71 bits per heavy atom. The summed E-state index contributed by atoms with van der Waals surface area (Å²) in [6, 6.07) is 0.323. The van der Waals surface area contributed by atoms with Crippen molar-refractivity contribution in [1.82, 2.24) is 30.2 Å². The lowest BCUT2D eigenvalue weighted by Crippen LogP contribution is -2.44. The molecule has 2 saturated heterocycles. The number of anilines is 3. The lowest BCUT2D eigenvalue weighted by molar-refractivity contribution is 0.0603. The van der Waals surface area contributed by atoms with Crippen LogP contribution in [0.1, 0.15) is 25.0 Å². The number of piperidine rings is 1. The van der Waals surface area contributed by atoms with Crippen molar-refractivity contribution >= 4 is 17.8 Å². The van der Waals surface area contributed by atoms with E-state index in [-0.39, 0.29) is 23.9 Å². The van der Waals surface area contributed by atoms with E-state index in [1.807, 2.05) is 9.80 Å². The number of aromatic nitrogens is 5. The van der Waals surface area contributed by atoms with Crippen LogP contribution in [-0.4, -0.2) is 103 Å². The fourth-order valence-corrected chi connectivity index (χ4v) is 4.24. The molecule has 0 aliphatic carbocycles. The molecule has 2 aliphatic rings. The summed E-state index contributed by atoms with van der Waals surface area (Å²) in [4.78, 5) is 25.4. The van der Waals surface area contributed by atoms with E-state index in [1.165, 1.54) is 6.20 Å². The molecule has 2 aromatic heterocycles. The molecule has 0 bridgehead atoms. The minimum Gasteiger partial charge on any atom is -0.378 e. The van der Waals surface area contributed by atoms with Crippen molar-refractivity contribution in [2.45, 2.75) is 25.3 Å². The van der Waals surface area contributed by atoms with Crippen LogP contribution in [0.5, 0.6) is 0 Å². The number of nitrogens with zero attached hydrogens (tertiary/aromatic N) is 7. The van der Waals surface area contributed by atoms with Gasteiger partial charge in [-0.2, -0.15) is 15.0 Å². The average molecular weight is 534 g/mol. The van der Waals surface area contributed by atoms with Crippen LogP contribution in [0.3, 0.4) is 0 Å². The summed E-state index contributed by atoms with van der Waals surface area (Å²) in [5.74, 6) is 3.12. The van der Waals surface area contributed by atoms with E-state index >= 15 is 0 Å². The Hall–Kier alpha value is -3.25. The Balaban J connectivity index is 1.42. The van der Waals surface area contributed by atoms with Crippen LogP contribution in [0.2, 0.25) is 0 Å². The molecule has 12 nitrogen and oxygen atoms in total. The number of halogens is 2. The lowest BCUT2D eigenvalue weighted by atomic mass is 10.1. The van der Waals surface area contributed by atoms with E-state index < -0.39 is 12.1 Å². The number of nitrogens with one attached hydrogen (secondary N) is 1. The molecule has 0 amide bonds. The molecule has 0 saturated carbocycles. The van der Waals surface area contributed by atoms with Gasteiger partial charge in [0.1, 0.15) is 12.3 Å². The van der Waals surface area contributed by atoms with Gasteiger partial charge in [0.05, 0.1) is 38.6 Å². The average Bonchev–Trinajstić information content (AvgIpc) is 2.95. The number of morpholine rings is 1. The van der Waals surface area contributed by atoms with Gasteiger partial charge in [0.2, 0.25) is 17.8 Å². The smallest absolute Gasteiger partial charge is 0.281 e. The van der Waals surface area contributed by atoms with Gasteiger partial charge in [0, 0.05) is 45.0 Å². The lowest BCUT2D eigenvalue weighted by Gasteiger charge is -2.33. The molecule has 2 fully saturated rings. The second-order valence-corrected chi connectivity index (χ2v) is 8.77. The monoisotopic (exact) mass is 533 g/mol. The van der Waals surface area contributed by atoms with Crippen molar-refractivity contribution in [2.24, 2.45) is 0 Å². The molecule has 206 valence electrons. The molecule has 0 aromatic carbocycles. The van der Waals surface area contributed by atoms with Gasteiger partial charge in [-0.25, -0.2) is 18.7 Å². The number of hydrogen-bond acceptors (Lipinski definition) is 12. The van der Waals surface area contributed by atoms with Crippen LogP contribution in [0, 0.1) is 12.3 Å². The Kier molecular flexibility index (Phi) is 10.3. The van der Waals surface area contributed by atoms with Crippen molar-refractivity contribution in [3.63, 3.8) is 0 Å². The van der Waals surface area contributed by atoms with Gasteiger partial charge in [-0.1, -0.05) is 5.92 Å². The van der Waals surface area contributed by atoms with E-state index in [2.05, 4.69) is 31.2 Å². The van der Waals surface area contributed by atoms with Crippen LogP contribution in [0.25, 0.3) is 11.4 Å². The number of nitrogen functional groups attached to an aromatic ring is 1. The third kappa shape index (κ3) is 7.64. The van der Waals surface area contributed by atoms with Crippen molar-refractivity contribution < 1.29 is 23.0 Å². The predicted molar refractivity (Wildman–Crippen MR) is 137 cm³/mol. The molecule has 4 heterocycles. The third-order valence-corrected chi connectivity index (χ3v) is 6.20. The van der Waals surface area contributed by atoms with Gasteiger partial charge in [-0.15, -0.1) is 6.42 Å². The Bertz CT molecular complexity index is 1070. The first-order chi connectivity index (χ1) is 18.5. The Morgan fingerprint density at radius 3 is 2.39 bits per heavy atom. The highest BCUT2D eigenvalue weighted by atomic mass is 19.3. The van der Waals surface area contributed by atoms with Crippen LogP contribution in [0.4, 0.5) is 26.6 Å². The molecule has 4 rings (SSSR count). The number of hydrogen-bond donors (Lipinski definition) is 2. The van der Waals surface area contributed by atoms with Gasteiger partial charge in [0.25, 0.3) is 6.43 Å². The summed E-state index contributed by atoms with van der Waals surface area (Å²) in [5, 5.41) is 3.51. The number of terminal acetylenes is 1. The van der Waals surface area contributed by atoms with Crippen molar-refractivity contribution in [1.29, 1.82) is 0 Å². The zero-order valence-corrected chi connectivity index (χ0v) is 21.2. The number of nitrogens with two attached hydrogens (primary N) is 1. The molecular weight excluding hydrogens is 500 g/mol. The number of rotatable bonds is 12. The molecule has 2 aliphatic heterocycles. The summed E-state index contributed by atoms with van der Waals surface area (Å²) >= 11 is 0. The van der Waals surface area contributed by atoms with Gasteiger partial charge in [-0.3, -0.25) is 0 Å². The van der Waals surface area contributed by atoms with E-state index in [9.17, 15) is 8.78 Å². The summed E-state index contributed by atoms with van der Waals surface area (Å²) < 4.78 is 43.7. The number of alkyl halides is 2. The minimum absolute atomic E-state index is 0.0357. The van der Waals surface area contributed by atoms with Crippen LogP contribution in [0.15, 0.2) is 6.20 Å². The predicted octanol–water partition coefficient (Wildman–Crippen LogP) is 0.910. The molecular formula is C24H33F2N9O3. The maximum atomic E-state index is 13.8. The first-order valence-electron chi connectivity index (χ1n) is 12.6. The maximum absolute atomic E-state index is 13.8. The van der Waals surface area contributed by atoms with E-state index in [0.717, 1.165) is 19.4 Å². The number of ether oxygens (including phenoxy) is 3. The summed E-state index contributed by atoms with van der Waals surface area (Å²) in [5.41, 5.74) is 5.09. The highest BCUT2D eigenvalue weighted by Crippen LogP contribution is 2.30. The highest BCUT2D eigenvalue weighted by Gasteiger charge is 2.26. The van der Waals surface area contributed by atoms with Crippen molar-refractivity contribution in [3.8, 4) is 23.7 Å². The molecule has 0 spiro atoms. The molecule has 2 aromatic rings. The Morgan fingerprint density at radius 1 is 1.03 bits per heavy atom. The molecule has 3 N–H and O–H groups in total. The fourth-order valence-electron chi connectivity index (χ4n) is 4.24. The fraction of sp³-hybridized carbons (Fsp3) is 0.625. The first kappa shape index (κ1) is 27.8. The van der Waals surface area contributed by atoms with Crippen LogP contribution >= 0.6 is 0 Å². The van der Waals surface area contributed by atoms with E-state index in [0.29, 0.717) is 77.2 Å². The Labute approximate surface area is 220 Å². The van der Waals surface area contributed by atoms with Crippen molar-refractivity contribution in [2.75, 3.05) is 87.9 Å². The van der Waals surface area contributed by atoms with Gasteiger partial charge >= 0.3 is 0 Å². The largest absolute Gasteiger partial charge is 0.378 e. The zero-order chi connectivity index (χ0) is 26.7. The molecule has 0 radical (unpaired) electrons. The molecule has 14 heteroatoms. The van der Waals surface area contributed by atoms with Gasteiger partial charge in [-0.05, 0) is 12.8 Å². The molecule has 0 unspecified atom stereocenters. The topological polar surface area (TPSA) is 137 Å². The minimum atomic E-state index is -2.86. The first-order valence-corrected chi connectivity index (χ1v) is 12.6. The summed E-state index contributed by atoms with van der Waals surface area (Å²) in [6.45, 7) is 6.21. The second kappa shape index (κ2) is 14.1. The third-order valence-electron chi connectivity index (χ3n) is 6.20. The standard InChI is InChI=1S/C24H33F2N9O3/c1-2-10-36-14-15-37-11-5-28-17-3-6-34(7-4-17)23-31-21(18-16-29-22(27)30-19(18)20(25)26)32-24(33-23)35-8-12-38-13-9-35/h1,16-17,20,28H,3-15H2,(H2,27,29,30). The molecule has 0 atom stereocenters. The van der Waals surface area contributed by atoms with Gasteiger partial charge < -0.3 is 35.1 Å². The normalized spacial score (nSPS) is 16.7.